The maximum Gasteiger partial charge on any atom is 0.342 e. The van der Waals surface area contributed by atoms with Crippen molar-refractivity contribution in [3.63, 3.8) is 0 Å². The monoisotopic (exact) mass is 370 g/mol. The third-order valence-electron chi connectivity index (χ3n) is 4.82. The van der Waals surface area contributed by atoms with Crippen LogP contribution in [0.2, 0.25) is 0 Å². The highest BCUT2D eigenvalue weighted by Crippen LogP contribution is 2.38. The normalized spacial score (nSPS) is 14.3. The van der Waals surface area contributed by atoms with E-state index in [1.807, 2.05) is 13.0 Å². The van der Waals surface area contributed by atoms with Gasteiger partial charge in [0.15, 0.2) is 0 Å². The molecule has 7 nitrogen and oxygen atoms in total. The van der Waals surface area contributed by atoms with Crippen molar-refractivity contribution in [1.82, 2.24) is 15.1 Å². The third kappa shape index (κ3) is 4.30. The van der Waals surface area contributed by atoms with Crippen LogP contribution in [0.3, 0.4) is 0 Å². The third-order valence-corrected chi connectivity index (χ3v) is 4.82. The zero-order chi connectivity index (χ0) is 19.4. The number of benzene rings is 1. The molecule has 1 aliphatic carbocycles. The minimum absolute atomic E-state index is 0.0562. The number of hydrogen-bond donors (Lipinski definition) is 3. The summed E-state index contributed by atoms with van der Waals surface area (Å²) in [4.78, 5) is 23.9. The molecule has 3 rings (SSSR count). The van der Waals surface area contributed by atoms with Gasteiger partial charge >= 0.3 is 6.03 Å². The first-order chi connectivity index (χ1) is 13.0. The average molecular weight is 370 g/mol. The topological polar surface area (TPSA) is 96.3 Å². The molecule has 2 aromatic rings. The van der Waals surface area contributed by atoms with Crippen LogP contribution >= 0.6 is 0 Å². The molecule has 0 unspecified atom stereocenters. The summed E-state index contributed by atoms with van der Waals surface area (Å²) in [6.45, 7) is 4.01. The second kappa shape index (κ2) is 8.24. The quantitative estimate of drug-likeness (QED) is 0.697. The lowest BCUT2D eigenvalue weighted by Crippen LogP contribution is -2.31. The molecular formula is C20H26N4O3. The highest BCUT2D eigenvalue weighted by atomic mass is 16.3. The van der Waals surface area contributed by atoms with Crippen LogP contribution in [-0.2, 0) is 4.79 Å². The average Bonchev–Trinajstić information content (AvgIpc) is 3.30. The van der Waals surface area contributed by atoms with E-state index in [1.165, 1.54) is 17.7 Å². The van der Waals surface area contributed by atoms with E-state index < -0.39 is 0 Å². The van der Waals surface area contributed by atoms with Crippen molar-refractivity contribution in [2.24, 2.45) is 0 Å². The molecule has 1 heterocycles. The van der Waals surface area contributed by atoms with Crippen molar-refractivity contribution in [1.29, 1.82) is 0 Å². The van der Waals surface area contributed by atoms with Crippen molar-refractivity contribution in [3.05, 3.63) is 30.0 Å². The number of aromatic nitrogens is 2. The Morgan fingerprint density at radius 3 is 2.67 bits per heavy atom. The summed E-state index contributed by atoms with van der Waals surface area (Å²) in [5.74, 6) is 0.155. The number of amides is 2. The molecule has 1 aromatic heterocycles. The Hall–Kier alpha value is -2.83. The van der Waals surface area contributed by atoms with Crippen molar-refractivity contribution >= 4 is 17.6 Å². The summed E-state index contributed by atoms with van der Waals surface area (Å²) in [5.41, 5.74) is 2.46. The minimum atomic E-state index is -0.248. The minimum Gasteiger partial charge on any atom is -0.507 e. The molecule has 0 bridgehead atoms. The predicted octanol–water partition coefficient (Wildman–Crippen LogP) is 3.84. The number of carbonyl (C=O) groups excluding carboxylic acids is 2. The second-order valence-electron chi connectivity index (χ2n) is 6.99. The van der Waals surface area contributed by atoms with Crippen LogP contribution in [0.15, 0.2) is 24.3 Å². The van der Waals surface area contributed by atoms with E-state index in [4.69, 9.17) is 0 Å². The highest BCUT2D eigenvalue weighted by molar-refractivity contribution is 5.90. The van der Waals surface area contributed by atoms with Gasteiger partial charge in [0, 0.05) is 30.6 Å². The highest BCUT2D eigenvalue weighted by Gasteiger charge is 2.25. The first-order valence-corrected chi connectivity index (χ1v) is 9.48. The number of anilines is 1. The number of aromatic hydroxyl groups is 1. The Morgan fingerprint density at radius 1 is 1.26 bits per heavy atom. The zero-order valence-electron chi connectivity index (χ0n) is 15.8. The van der Waals surface area contributed by atoms with Gasteiger partial charge in [-0.15, -0.1) is 0 Å². The summed E-state index contributed by atoms with van der Waals surface area (Å²) < 4.78 is 1.44. The van der Waals surface area contributed by atoms with Gasteiger partial charge in [0.05, 0.1) is 11.4 Å². The van der Waals surface area contributed by atoms with E-state index in [0.29, 0.717) is 29.4 Å². The van der Waals surface area contributed by atoms with Crippen LogP contribution in [0.5, 0.6) is 5.75 Å². The van der Waals surface area contributed by atoms with Crippen molar-refractivity contribution < 1.29 is 14.7 Å². The van der Waals surface area contributed by atoms with E-state index in [-0.39, 0.29) is 17.7 Å². The van der Waals surface area contributed by atoms with Gasteiger partial charge in [-0.05, 0) is 43.5 Å². The van der Waals surface area contributed by atoms with Gasteiger partial charge in [0.1, 0.15) is 5.75 Å². The molecule has 1 aromatic carbocycles. The number of rotatable bonds is 5. The lowest BCUT2D eigenvalue weighted by atomic mass is 10.0. The number of nitrogens with one attached hydrogen (secondary N) is 2. The number of phenols is 1. The maximum absolute atomic E-state index is 12.6. The number of phenolic OH excluding ortho intramolecular Hbond substituents is 1. The Bertz CT molecular complexity index is 838. The fourth-order valence-electron chi connectivity index (χ4n) is 3.53. The van der Waals surface area contributed by atoms with Crippen LogP contribution in [0.25, 0.3) is 11.3 Å². The summed E-state index contributed by atoms with van der Waals surface area (Å²) >= 11 is 0. The smallest absolute Gasteiger partial charge is 0.342 e. The van der Waals surface area contributed by atoms with Crippen LogP contribution in [0.1, 0.15) is 57.6 Å². The van der Waals surface area contributed by atoms with Gasteiger partial charge in [-0.1, -0.05) is 19.8 Å². The molecule has 27 heavy (non-hydrogen) atoms. The standard InChI is InChI=1S/C20H26N4O3/c1-3-10-21-20(27)24-18(14-6-4-5-7-14)12-17(23-24)16-11-15(22-13(2)25)8-9-19(16)26/h8-9,11-12,14,26H,3-7,10H2,1-2H3,(H,21,27)(H,22,25). The van der Waals surface area contributed by atoms with Crippen LogP contribution in [-0.4, -0.2) is 33.4 Å². The van der Waals surface area contributed by atoms with Crippen LogP contribution in [0, 0.1) is 0 Å². The molecule has 1 saturated carbocycles. The molecule has 0 saturated heterocycles. The molecule has 2 amide bonds. The van der Waals surface area contributed by atoms with Gasteiger partial charge in [-0.3, -0.25) is 4.79 Å². The SMILES string of the molecule is CCCNC(=O)n1nc(-c2cc(NC(C)=O)ccc2O)cc1C1CCCC1. The number of carbonyl (C=O) groups is 2. The van der Waals surface area contributed by atoms with Gasteiger partial charge in [0.2, 0.25) is 5.91 Å². The fraction of sp³-hybridized carbons (Fsp3) is 0.450. The number of nitrogens with zero attached hydrogens (tertiary/aromatic N) is 2. The Labute approximate surface area is 158 Å². The second-order valence-corrected chi connectivity index (χ2v) is 6.99. The molecule has 0 atom stereocenters. The predicted molar refractivity (Wildman–Crippen MR) is 104 cm³/mol. The van der Waals surface area contributed by atoms with Gasteiger partial charge in [-0.25, -0.2) is 4.79 Å². The Balaban J connectivity index is 2.00. The first kappa shape index (κ1) is 18.9. The van der Waals surface area contributed by atoms with Crippen molar-refractivity contribution in [3.8, 4) is 17.0 Å². The summed E-state index contributed by atoms with van der Waals surface area (Å²) in [6, 6.07) is 6.46. The Kier molecular flexibility index (Phi) is 5.78. The molecule has 3 N–H and O–H groups in total. The molecule has 0 aliphatic heterocycles. The molecule has 1 aliphatic rings. The molecule has 7 heteroatoms. The molecule has 1 fully saturated rings. The molecule has 0 spiro atoms. The van der Waals surface area contributed by atoms with Crippen molar-refractivity contribution in [2.45, 2.75) is 51.9 Å². The van der Waals surface area contributed by atoms with Crippen LogP contribution < -0.4 is 10.6 Å². The van der Waals surface area contributed by atoms with E-state index in [0.717, 1.165) is 37.8 Å². The lowest BCUT2D eigenvalue weighted by Gasteiger charge is -2.11. The van der Waals surface area contributed by atoms with E-state index in [9.17, 15) is 14.7 Å². The van der Waals surface area contributed by atoms with Gasteiger partial charge < -0.3 is 15.7 Å². The van der Waals surface area contributed by atoms with E-state index in [1.54, 1.807) is 12.1 Å². The summed E-state index contributed by atoms with van der Waals surface area (Å²) in [7, 11) is 0. The number of hydrogen-bond acceptors (Lipinski definition) is 4. The van der Waals surface area contributed by atoms with Gasteiger partial charge in [-0.2, -0.15) is 9.78 Å². The first-order valence-electron chi connectivity index (χ1n) is 9.48. The van der Waals surface area contributed by atoms with Crippen LogP contribution in [0.4, 0.5) is 10.5 Å². The van der Waals surface area contributed by atoms with Crippen molar-refractivity contribution in [2.75, 3.05) is 11.9 Å². The van der Waals surface area contributed by atoms with E-state index in [2.05, 4.69) is 15.7 Å². The summed E-state index contributed by atoms with van der Waals surface area (Å²) in [5, 5.41) is 20.4. The molecule has 0 radical (unpaired) electrons. The summed E-state index contributed by atoms with van der Waals surface area (Å²) in [6.07, 6.45) is 5.20. The molecular weight excluding hydrogens is 344 g/mol. The zero-order valence-corrected chi connectivity index (χ0v) is 15.8. The lowest BCUT2D eigenvalue weighted by molar-refractivity contribution is -0.114. The molecule has 144 valence electrons. The van der Waals surface area contributed by atoms with E-state index >= 15 is 0 Å². The maximum atomic E-state index is 12.6. The Morgan fingerprint density at radius 2 is 2.00 bits per heavy atom. The largest absolute Gasteiger partial charge is 0.507 e. The fourth-order valence-corrected chi connectivity index (χ4v) is 3.53. The van der Waals surface area contributed by atoms with Gasteiger partial charge in [0.25, 0.3) is 0 Å².